The summed E-state index contributed by atoms with van der Waals surface area (Å²) in [5, 5.41) is 0. The van der Waals surface area contributed by atoms with Crippen molar-refractivity contribution in [2.75, 3.05) is 0 Å². The van der Waals surface area contributed by atoms with Gasteiger partial charge in [0.25, 0.3) is 0 Å². The number of fused-ring (bicyclic) bond motifs is 2. The van der Waals surface area contributed by atoms with E-state index in [0.717, 1.165) is 30.1 Å². The van der Waals surface area contributed by atoms with Gasteiger partial charge in [-0.1, -0.05) is 30.3 Å². The maximum atomic E-state index is 6.05. The molecule has 0 aliphatic carbocycles. The highest BCUT2D eigenvalue weighted by atomic mass is 16.6. The van der Waals surface area contributed by atoms with Gasteiger partial charge in [0.05, 0.1) is 0 Å². The molecule has 2 aliphatic heterocycles. The number of ether oxygens (including phenoxy) is 3. The highest BCUT2D eigenvalue weighted by Gasteiger charge is 2.33. The second kappa shape index (κ2) is 4.75. The van der Waals surface area contributed by atoms with Crippen LogP contribution in [-0.4, -0.2) is 12.2 Å². The van der Waals surface area contributed by atoms with E-state index in [9.17, 15) is 0 Å². The second-order valence-electron chi connectivity index (χ2n) is 5.09. The maximum absolute atomic E-state index is 6.05. The first-order valence-corrected chi connectivity index (χ1v) is 6.90. The van der Waals surface area contributed by atoms with Crippen LogP contribution < -0.4 is 14.2 Å². The average molecular weight is 267 g/mol. The van der Waals surface area contributed by atoms with Crippen LogP contribution in [-0.2, 0) is 6.42 Å². The third kappa shape index (κ3) is 1.99. The quantitative estimate of drug-likeness (QED) is 0.792. The number of aryl methyl sites for hydroxylation is 1. The predicted octanol–water partition coefficient (Wildman–Crippen LogP) is 3.38. The molecular formula is C17H15O3. The predicted molar refractivity (Wildman–Crippen MR) is 75.0 cm³/mol. The van der Waals surface area contributed by atoms with Crippen LogP contribution >= 0.6 is 0 Å². The molecule has 2 aromatic carbocycles. The van der Waals surface area contributed by atoms with Crippen LogP contribution in [0.1, 0.15) is 12.0 Å². The zero-order valence-corrected chi connectivity index (χ0v) is 11.0. The summed E-state index contributed by atoms with van der Waals surface area (Å²) in [6, 6.07) is 15.9. The van der Waals surface area contributed by atoms with Gasteiger partial charge in [0.1, 0.15) is 11.9 Å². The van der Waals surface area contributed by atoms with E-state index in [1.807, 2.05) is 42.5 Å². The summed E-state index contributed by atoms with van der Waals surface area (Å²) >= 11 is 0. The molecule has 1 radical (unpaired) electrons. The van der Waals surface area contributed by atoms with Gasteiger partial charge < -0.3 is 14.2 Å². The molecule has 0 fully saturated rings. The maximum Gasteiger partial charge on any atom is 0.180 e. The second-order valence-corrected chi connectivity index (χ2v) is 5.09. The molecule has 2 unspecified atom stereocenters. The SMILES string of the molecule is [CH]1Oc2ccccc2OC1C1CCc2ccccc2O1. The van der Waals surface area contributed by atoms with Gasteiger partial charge in [-0.2, -0.15) is 0 Å². The average Bonchev–Trinajstić information content (AvgIpc) is 2.54. The van der Waals surface area contributed by atoms with Gasteiger partial charge in [-0.25, -0.2) is 0 Å². The summed E-state index contributed by atoms with van der Waals surface area (Å²) in [5.41, 5.74) is 1.26. The molecule has 0 spiro atoms. The summed E-state index contributed by atoms with van der Waals surface area (Å²) in [6.45, 7) is 1.74. The number of para-hydroxylation sites is 3. The lowest BCUT2D eigenvalue weighted by molar-refractivity contribution is 0.0217. The van der Waals surface area contributed by atoms with E-state index >= 15 is 0 Å². The Morgan fingerprint density at radius 1 is 0.800 bits per heavy atom. The van der Waals surface area contributed by atoms with E-state index in [1.54, 1.807) is 6.61 Å². The van der Waals surface area contributed by atoms with Crippen LogP contribution in [0.5, 0.6) is 17.2 Å². The Morgan fingerprint density at radius 3 is 2.45 bits per heavy atom. The third-order valence-corrected chi connectivity index (χ3v) is 3.76. The summed E-state index contributed by atoms with van der Waals surface area (Å²) in [4.78, 5) is 0. The van der Waals surface area contributed by atoms with E-state index in [2.05, 4.69) is 6.07 Å². The van der Waals surface area contributed by atoms with Crippen LogP contribution in [0.25, 0.3) is 0 Å². The summed E-state index contributed by atoms with van der Waals surface area (Å²) < 4.78 is 17.7. The molecule has 0 saturated heterocycles. The molecule has 4 rings (SSSR count). The molecule has 0 aromatic heterocycles. The van der Waals surface area contributed by atoms with Crippen molar-refractivity contribution in [3.05, 3.63) is 60.7 Å². The molecular weight excluding hydrogens is 252 g/mol. The highest BCUT2D eigenvalue weighted by molar-refractivity contribution is 5.42. The van der Waals surface area contributed by atoms with E-state index < -0.39 is 0 Å². The smallest absolute Gasteiger partial charge is 0.180 e. The van der Waals surface area contributed by atoms with Crippen molar-refractivity contribution in [3.63, 3.8) is 0 Å². The zero-order chi connectivity index (χ0) is 13.4. The van der Waals surface area contributed by atoms with Crippen molar-refractivity contribution in [1.82, 2.24) is 0 Å². The molecule has 2 aliphatic rings. The minimum Gasteiger partial charge on any atom is -0.486 e. The van der Waals surface area contributed by atoms with Gasteiger partial charge in [0, 0.05) is 0 Å². The normalized spacial score (nSPS) is 23.6. The molecule has 0 N–H and O–H groups in total. The van der Waals surface area contributed by atoms with Gasteiger partial charge in [-0.05, 0) is 36.6 Å². The van der Waals surface area contributed by atoms with Crippen molar-refractivity contribution < 1.29 is 14.2 Å². The van der Waals surface area contributed by atoms with Crippen LogP contribution in [0.4, 0.5) is 0 Å². The van der Waals surface area contributed by atoms with E-state index in [0.29, 0.717) is 0 Å². The lowest BCUT2D eigenvalue weighted by atomic mass is 9.99. The lowest BCUT2D eigenvalue weighted by Gasteiger charge is -2.34. The van der Waals surface area contributed by atoms with Gasteiger partial charge in [0.15, 0.2) is 24.2 Å². The minimum atomic E-state index is -0.168. The lowest BCUT2D eigenvalue weighted by Crippen LogP contribution is -2.41. The van der Waals surface area contributed by atoms with Crippen LogP contribution in [0.3, 0.4) is 0 Å². The topological polar surface area (TPSA) is 27.7 Å². The fourth-order valence-electron chi connectivity index (χ4n) is 2.70. The standard InChI is InChI=1S/C17H15O3/c1-2-6-13-12(5-1)9-10-16(19-13)17-11-18-14-7-3-4-8-15(14)20-17/h1-8,11,16-17H,9-10H2. The summed E-state index contributed by atoms with van der Waals surface area (Å²) in [6.07, 6.45) is 1.77. The fraction of sp³-hybridized carbons (Fsp3) is 0.235. The van der Waals surface area contributed by atoms with E-state index in [-0.39, 0.29) is 12.2 Å². The summed E-state index contributed by atoms with van der Waals surface area (Å²) in [5.74, 6) is 2.50. The molecule has 2 atom stereocenters. The van der Waals surface area contributed by atoms with E-state index in [1.165, 1.54) is 5.56 Å². The summed E-state index contributed by atoms with van der Waals surface area (Å²) in [7, 11) is 0. The largest absolute Gasteiger partial charge is 0.486 e. The number of benzene rings is 2. The monoisotopic (exact) mass is 267 g/mol. The third-order valence-electron chi connectivity index (χ3n) is 3.76. The van der Waals surface area contributed by atoms with Crippen molar-refractivity contribution in [1.29, 1.82) is 0 Å². The first-order chi connectivity index (χ1) is 9.90. The van der Waals surface area contributed by atoms with Crippen molar-refractivity contribution in [2.24, 2.45) is 0 Å². The molecule has 3 heteroatoms. The minimum absolute atomic E-state index is 0.00161. The van der Waals surface area contributed by atoms with Gasteiger partial charge in [0.2, 0.25) is 0 Å². The molecule has 0 bridgehead atoms. The van der Waals surface area contributed by atoms with Gasteiger partial charge in [-0.3, -0.25) is 0 Å². The molecule has 2 aromatic rings. The Kier molecular flexibility index (Phi) is 2.76. The number of hydrogen-bond donors (Lipinski definition) is 0. The molecule has 0 saturated carbocycles. The van der Waals surface area contributed by atoms with Crippen molar-refractivity contribution in [3.8, 4) is 17.2 Å². The zero-order valence-electron chi connectivity index (χ0n) is 11.0. The fourth-order valence-corrected chi connectivity index (χ4v) is 2.70. The van der Waals surface area contributed by atoms with Crippen LogP contribution in [0, 0.1) is 6.61 Å². The Balaban J connectivity index is 1.53. The number of hydrogen-bond acceptors (Lipinski definition) is 3. The van der Waals surface area contributed by atoms with Gasteiger partial charge >= 0.3 is 0 Å². The molecule has 2 heterocycles. The van der Waals surface area contributed by atoms with Gasteiger partial charge in [-0.15, -0.1) is 0 Å². The molecule has 0 amide bonds. The Hall–Kier alpha value is -2.16. The first kappa shape index (κ1) is 11.6. The van der Waals surface area contributed by atoms with Crippen molar-refractivity contribution in [2.45, 2.75) is 25.0 Å². The van der Waals surface area contributed by atoms with Crippen LogP contribution in [0.15, 0.2) is 48.5 Å². The highest BCUT2D eigenvalue weighted by Crippen LogP contribution is 2.36. The Morgan fingerprint density at radius 2 is 1.55 bits per heavy atom. The molecule has 20 heavy (non-hydrogen) atoms. The van der Waals surface area contributed by atoms with E-state index in [4.69, 9.17) is 14.2 Å². The first-order valence-electron chi connectivity index (χ1n) is 6.90. The molecule has 3 nitrogen and oxygen atoms in total. The van der Waals surface area contributed by atoms with Crippen molar-refractivity contribution >= 4 is 0 Å². The Bertz CT molecular complexity index is 568. The number of rotatable bonds is 1. The molecule has 101 valence electrons. The Labute approximate surface area is 118 Å². The van der Waals surface area contributed by atoms with Crippen LogP contribution in [0.2, 0.25) is 0 Å².